The Morgan fingerprint density at radius 1 is 0.933 bits per heavy atom. The molecule has 0 radical (unpaired) electrons. The summed E-state index contributed by atoms with van der Waals surface area (Å²) in [4.78, 5) is 30.5. The van der Waals surface area contributed by atoms with Crippen LogP contribution in [0.3, 0.4) is 0 Å². The number of hydrogen-bond acceptors (Lipinski definition) is 8. The molecule has 30 heavy (non-hydrogen) atoms. The van der Waals surface area contributed by atoms with Crippen LogP contribution < -0.4 is 0 Å². The topological polar surface area (TPSA) is 119 Å². The molecule has 2 aromatic heterocycles. The summed E-state index contributed by atoms with van der Waals surface area (Å²) in [6.07, 6.45) is 0. The second-order valence-electron chi connectivity index (χ2n) is 5.27. The molecule has 0 amide bonds. The average Bonchev–Trinajstić information content (AvgIpc) is 2.72. The van der Waals surface area contributed by atoms with Crippen molar-refractivity contribution in [2.24, 2.45) is 0 Å². The van der Waals surface area contributed by atoms with Crippen LogP contribution in [0.25, 0.3) is 0 Å². The molecular formula is C18H18Br2Cl2N2O6. The molecule has 0 saturated heterocycles. The number of ether oxygens (including phenoxy) is 2. The summed E-state index contributed by atoms with van der Waals surface area (Å²) in [5.41, 5.74) is 0.734. The number of halogens is 4. The molecule has 0 spiro atoms. The van der Waals surface area contributed by atoms with E-state index in [1.54, 1.807) is 19.9 Å². The maximum absolute atomic E-state index is 11.4. The lowest BCUT2D eigenvalue weighted by atomic mass is 10.3. The number of rotatable bonds is 6. The van der Waals surface area contributed by atoms with Gasteiger partial charge < -0.3 is 19.7 Å². The molecule has 12 heteroatoms. The van der Waals surface area contributed by atoms with Gasteiger partial charge in [0.2, 0.25) is 0 Å². The molecule has 2 N–H and O–H groups in total. The van der Waals surface area contributed by atoms with Crippen LogP contribution in [0.15, 0.2) is 21.1 Å². The van der Waals surface area contributed by atoms with E-state index in [1.807, 2.05) is 0 Å². The molecule has 0 bridgehead atoms. The summed E-state index contributed by atoms with van der Waals surface area (Å²) in [5.74, 6) is -1.14. The highest BCUT2D eigenvalue weighted by Gasteiger charge is 2.17. The first-order valence-corrected chi connectivity index (χ1v) is 10.8. The van der Waals surface area contributed by atoms with Crippen molar-refractivity contribution >= 4 is 67.0 Å². The largest absolute Gasteiger partial charge is 0.461 e. The quantitative estimate of drug-likeness (QED) is 0.479. The summed E-state index contributed by atoms with van der Waals surface area (Å²) >= 11 is 18.0. The Hall–Kier alpha value is -1.30. The molecule has 8 nitrogen and oxygen atoms in total. The fourth-order valence-electron chi connectivity index (χ4n) is 1.93. The van der Waals surface area contributed by atoms with Crippen molar-refractivity contribution in [1.29, 1.82) is 0 Å². The number of carbonyl (C=O) groups excluding carboxylic acids is 2. The molecule has 2 aromatic rings. The van der Waals surface area contributed by atoms with Gasteiger partial charge in [-0.2, -0.15) is 0 Å². The SMILES string of the molecule is CCOC(=O)c1cc(Br)c(Cl)c(CO)n1.CCOC(=O)c1nc(CO)cc(Br)c1Cl. The van der Waals surface area contributed by atoms with Crippen molar-refractivity contribution in [2.45, 2.75) is 27.1 Å². The summed E-state index contributed by atoms with van der Waals surface area (Å²) in [6, 6.07) is 3.00. The van der Waals surface area contributed by atoms with E-state index in [1.165, 1.54) is 6.07 Å². The van der Waals surface area contributed by atoms with Crippen molar-refractivity contribution < 1.29 is 29.3 Å². The third-order valence-electron chi connectivity index (χ3n) is 3.21. The number of esters is 2. The molecule has 2 rings (SSSR count). The minimum atomic E-state index is -0.599. The van der Waals surface area contributed by atoms with Gasteiger partial charge >= 0.3 is 11.9 Å². The molecule has 0 aliphatic heterocycles. The first-order chi connectivity index (χ1) is 14.2. The summed E-state index contributed by atoms with van der Waals surface area (Å²) < 4.78 is 10.6. The molecule has 0 aromatic carbocycles. The van der Waals surface area contributed by atoms with Gasteiger partial charge in [0.1, 0.15) is 5.69 Å². The molecule has 2 heterocycles. The Kier molecular flexibility index (Phi) is 11.7. The maximum atomic E-state index is 11.4. The van der Waals surface area contributed by atoms with Gasteiger partial charge in [-0.1, -0.05) is 23.2 Å². The highest BCUT2D eigenvalue weighted by atomic mass is 79.9. The molecule has 0 saturated carbocycles. The van der Waals surface area contributed by atoms with E-state index in [-0.39, 0.29) is 48.5 Å². The number of nitrogens with zero attached hydrogens (tertiary/aromatic N) is 2. The predicted molar refractivity (Wildman–Crippen MR) is 118 cm³/mol. The Labute approximate surface area is 199 Å². The molecular weight excluding hydrogens is 571 g/mol. The van der Waals surface area contributed by atoms with Crippen molar-refractivity contribution in [3.63, 3.8) is 0 Å². The number of aromatic nitrogens is 2. The standard InChI is InChI=1S/2C9H9BrClNO3/c1-2-15-9(14)6-3-5(10)8(11)7(4-13)12-6;1-2-15-9(14)8-7(11)6(10)3-5(4-13)12-8/h2*3,13H,2,4H2,1H3. The smallest absolute Gasteiger partial charge is 0.358 e. The van der Waals surface area contributed by atoms with Crippen LogP contribution in [0, 0.1) is 0 Å². The minimum Gasteiger partial charge on any atom is -0.461 e. The first kappa shape index (κ1) is 26.7. The monoisotopic (exact) mass is 586 g/mol. The Balaban J connectivity index is 0.000000300. The van der Waals surface area contributed by atoms with Gasteiger partial charge in [0.05, 0.1) is 47.9 Å². The summed E-state index contributed by atoms with van der Waals surface area (Å²) in [5, 5.41) is 18.4. The highest BCUT2D eigenvalue weighted by Crippen LogP contribution is 2.27. The van der Waals surface area contributed by atoms with Crippen LogP contribution >= 0.6 is 55.1 Å². The van der Waals surface area contributed by atoms with Crippen LogP contribution in [0.4, 0.5) is 0 Å². The number of aliphatic hydroxyl groups is 2. The van der Waals surface area contributed by atoms with E-state index in [9.17, 15) is 9.59 Å². The fraction of sp³-hybridized carbons (Fsp3) is 0.333. The lowest BCUT2D eigenvalue weighted by molar-refractivity contribution is 0.0509. The van der Waals surface area contributed by atoms with Crippen LogP contribution in [0.5, 0.6) is 0 Å². The number of carbonyl (C=O) groups is 2. The molecule has 0 aliphatic carbocycles. The van der Waals surface area contributed by atoms with Gasteiger partial charge in [-0.05, 0) is 57.8 Å². The first-order valence-electron chi connectivity index (χ1n) is 8.45. The predicted octanol–water partition coefficient (Wildman–Crippen LogP) is 4.33. The van der Waals surface area contributed by atoms with E-state index in [2.05, 4.69) is 41.8 Å². The second-order valence-corrected chi connectivity index (χ2v) is 7.73. The average molecular weight is 589 g/mol. The number of aliphatic hydroxyl groups excluding tert-OH is 2. The van der Waals surface area contributed by atoms with Gasteiger partial charge in [-0.3, -0.25) is 0 Å². The van der Waals surface area contributed by atoms with Crippen molar-refractivity contribution in [1.82, 2.24) is 9.97 Å². The Morgan fingerprint density at radius 2 is 1.50 bits per heavy atom. The second kappa shape index (κ2) is 13.2. The molecule has 0 fully saturated rings. The third kappa shape index (κ3) is 7.44. The number of hydrogen-bond donors (Lipinski definition) is 2. The van der Waals surface area contributed by atoms with Crippen molar-refractivity contribution in [3.8, 4) is 0 Å². The number of pyridine rings is 2. The molecule has 164 valence electrons. The fourth-order valence-corrected chi connectivity index (χ4v) is 3.15. The lowest BCUT2D eigenvalue weighted by Gasteiger charge is -2.06. The Morgan fingerprint density at radius 3 is 2.03 bits per heavy atom. The summed E-state index contributed by atoms with van der Waals surface area (Å²) in [6.45, 7) is 3.33. The van der Waals surface area contributed by atoms with Crippen molar-refractivity contribution in [3.05, 3.63) is 53.9 Å². The van der Waals surface area contributed by atoms with Crippen molar-refractivity contribution in [2.75, 3.05) is 13.2 Å². The molecule has 0 atom stereocenters. The van der Waals surface area contributed by atoms with E-state index in [0.29, 0.717) is 19.7 Å². The third-order valence-corrected chi connectivity index (χ3v) is 5.73. The van der Waals surface area contributed by atoms with E-state index < -0.39 is 11.9 Å². The normalized spacial score (nSPS) is 10.1. The highest BCUT2D eigenvalue weighted by molar-refractivity contribution is 9.10. The maximum Gasteiger partial charge on any atom is 0.358 e. The van der Waals surface area contributed by atoms with Gasteiger partial charge in [0.15, 0.2) is 5.69 Å². The van der Waals surface area contributed by atoms with Gasteiger partial charge in [-0.25, -0.2) is 19.6 Å². The van der Waals surface area contributed by atoms with Gasteiger partial charge in [-0.15, -0.1) is 0 Å². The van der Waals surface area contributed by atoms with E-state index >= 15 is 0 Å². The zero-order valence-electron chi connectivity index (χ0n) is 15.9. The van der Waals surface area contributed by atoms with Crippen LogP contribution in [-0.2, 0) is 22.7 Å². The lowest BCUT2D eigenvalue weighted by Crippen LogP contribution is -2.09. The zero-order valence-corrected chi connectivity index (χ0v) is 20.6. The summed E-state index contributed by atoms with van der Waals surface area (Å²) in [7, 11) is 0. The van der Waals surface area contributed by atoms with Crippen LogP contribution in [-0.4, -0.2) is 45.3 Å². The van der Waals surface area contributed by atoms with E-state index in [4.69, 9.17) is 42.9 Å². The van der Waals surface area contributed by atoms with Crippen LogP contribution in [0.1, 0.15) is 46.2 Å². The van der Waals surface area contributed by atoms with Crippen LogP contribution in [0.2, 0.25) is 10.0 Å². The van der Waals surface area contributed by atoms with Gasteiger partial charge in [0, 0.05) is 8.95 Å². The Bertz CT molecular complexity index is 915. The van der Waals surface area contributed by atoms with Gasteiger partial charge in [0.25, 0.3) is 0 Å². The molecule has 0 aliphatic rings. The van der Waals surface area contributed by atoms with E-state index in [0.717, 1.165) is 0 Å². The molecule has 0 unspecified atom stereocenters. The minimum absolute atomic E-state index is 0.0111. The zero-order chi connectivity index (χ0) is 22.8.